The molecule has 2 aromatic rings. The molecule has 2 aromatic carbocycles. The molecule has 22 heavy (non-hydrogen) atoms. The van der Waals surface area contributed by atoms with Crippen LogP contribution in [0, 0.1) is 0 Å². The highest BCUT2D eigenvalue weighted by Gasteiger charge is 2.04. The highest BCUT2D eigenvalue weighted by atomic mass is 79.9. The highest BCUT2D eigenvalue weighted by Crippen LogP contribution is 2.23. The molecule has 0 atom stereocenters. The third-order valence-electron chi connectivity index (χ3n) is 2.78. The van der Waals surface area contributed by atoms with Gasteiger partial charge < -0.3 is 9.84 Å². The summed E-state index contributed by atoms with van der Waals surface area (Å²) in [4.78, 5) is 11.9. The SMILES string of the molecule is CCOc1ccc(C(=O)N/N=C\c2ccc(O)c(Br)c2)cc1. The lowest BCUT2D eigenvalue weighted by Crippen LogP contribution is -2.17. The summed E-state index contributed by atoms with van der Waals surface area (Å²) in [5.41, 5.74) is 3.68. The molecule has 2 rings (SSSR count). The molecule has 5 nitrogen and oxygen atoms in total. The standard InChI is InChI=1S/C16H15BrN2O3/c1-2-22-13-6-4-12(5-7-13)16(21)19-18-10-11-3-8-15(20)14(17)9-11/h3-10,20H,2H2,1H3,(H,19,21)/b18-10-. The van der Waals surface area contributed by atoms with Gasteiger partial charge in [-0.3, -0.25) is 4.79 Å². The van der Waals surface area contributed by atoms with E-state index in [1.54, 1.807) is 42.5 Å². The second kappa shape index (κ2) is 7.61. The topological polar surface area (TPSA) is 70.9 Å². The minimum atomic E-state index is -0.308. The van der Waals surface area contributed by atoms with Crippen LogP contribution >= 0.6 is 15.9 Å². The molecule has 0 aliphatic heterocycles. The Labute approximate surface area is 136 Å². The predicted octanol–water partition coefficient (Wildman–Crippen LogP) is 3.32. The van der Waals surface area contributed by atoms with Crippen LogP contribution in [0.5, 0.6) is 11.5 Å². The fourth-order valence-electron chi connectivity index (χ4n) is 1.70. The summed E-state index contributed by atoms with van der Waals surface area (Å²) in [7, 11) is 0. The van der Waals surface area contributed by atoms with Gasteiger partial charge in [0.25, 0.3) is 5.91 Å². The maximum atomic E-state index is 11.9. The van der Waals surface area contributed by atoms with Crippen molar-refractivity contribution in [2.24, 2.45) is 5.10 Å². The number of hydrogen-bond acceptors (Lipinski definition) is 4. The smallest absolute Gasteiger partial charge is 0.271 e. The van der Waals surface area contributed by atoms with E-state index in [4.69, 9.17) is 4.74 Å². The number of rotatable bonds is 5. The first-order valence-electron chi connectivity index (χ1n) is 6.65. The van der Waals surface area contributed by atoms with E-state index in [9.17, 15) is 9.90 Å². The van der Waals surface area contributed by atoms with Gasteiger partial charge in [-0.15, -0.1) is 0 Å². The summed E-state index contributed by atoms with van der Waals surface area (Å²) in [5.74, 6) is 0.559. The second-order valence-electron chi connectivity index (χ2n) is 4.37. The van der Waals surface area contributed by atoms with Crippen molar-refractivity contribution in [2.45, 2.75) is 6.92 Å². The van der Waals surface area contributed by atoms with Gasteiger partial charge in [0.15, 0.2) is 0 Å². The molecular weight excluding hydrogens is 348 g/mol. The minimum absolute atomic E-state index is 0.149. The molecule has 2 N–H and O–H groups in total. The largest absolute Gasteiger partial charge is 0.507 e. The molecule has 0 aromatic heterocycles. The Bertz CT molecular complexity index is 684. The summed E-state index contributed by atoms with van der Waals surface area (Å²) in [6.07, 6.45) is 1.50. The second-order valence-corrected chi connectivity index (χ2v) is 5.22. The van der Waals surface area contributed by atoms with Crippen molar-refractivity contribution < 1.29 is 14.6 Å². The van der Waals surface area contributed by atoms with Crippen molar-refractivity contribution in [2.75, 3.05) is 6.61 Å². The lowest BCUT2D eigenvalue weighted by Gasteiger charge is -2.04. The minimum Gasteiger partial charge on any atom is -0.507 e. The number of aromatic hydroxyl groups is 1. The average Bonchev–Trinajstić information content (AvgIpc) is 2.52. The zero-order valence-corrected chi connectivity index (χ0v) is 13.5. The first-order chi connectivity index (χ1) is 10.6. The van der Waals surface area contributed by atoms with E-state index in [2.05, 4.69) is 26.5 Å². The van der Waals surface area contributed by atoms with E-state index < -0.39 is 0 Å². The Kier molecular flexibility index (Phi) is 5.55. The molecule has 0 spiro atoms. The monoisotopic (exact) mass is 362 g/mol. The molecule has 0 saturated heterocycles. The molecule has 0 radical (unpaired) electrons. The fraction of sp³-hybridized carbons (Fsp3) is 0.125. The van der Waals surface area contributed by atoms with E-state index in [0.29, 0.717) is 16.6 Å². The summed E-state index contributed by atoms with van der Waals surface area (Å²) in [6.45, 7) is 2.48. The van der Waals surface area contributed by atoms with Gasteiger partial charge in [-0.05, 0) is 70.9 Å². The number of carbonyl (C=O) groups excluding carboxylic acids is 1. The maximum absolute atomic E-state index is 11.9. The summed E-state index contributed by atoms with van der Waals surface area (Å²) >= 11 is 3.21. The zero-order chi connectivity index (χ0) is 15.9. The number of nitrogens with one attached hydrogen (secondary N) is 1. The van der Waals surface area contributed by atoms with Crippen molar-refractivity contribution in [3.8, 4) is 11.5 Å². The number of halogens is 1. The first-order valence-corrected chi connectivity index (χ1v) is 7.44. The number of amides is 1. The molecule has 0 unspecified atom stereocenters. The predicted molar refractivity (Wildman–Crippen MR) is 88.5 cm³/mol. The maximum Gasteiger partial charge on any atom is 0.271 e. The summed E-state index contributed by atoms with van der Waals surface area (Å²) < 4.78 is 5.88. The van der Waals surface area contributed by atoms with E-state index >= 15 is 0 Å². The highest BCUT2D eigenvalue weighted by molar-refractivity contribution is 9.10. The van der Waals surface area contributed by atoms with E-state index in [-0.39, 0.29) is 11.7 Å². The van der Waals surface area contributed by atoms with Crippen molar-refractivity contribution in [1.29, 1.82) is 0 Å². The Hall–Kier alpha value is -2.34. The van der Waals surface area contributed by atoms with Gasteiger partial charge >= 0.3 is 0 Å². The number of ether oxygens (including phenoxy) is 1. The Balaban J connectivity index is 1.96. The quantitative estimate of drug-likeness (QED) is 0.633. The van der Waals surface area contributed by atoms with Gasteiger partial charge in [-0.1, -0.05) is 0 Å². The number of phenols is 1. The van der Waals surface area contributed by atoms with E-state index in [0.717, 1.165) is 11.3 Å². The molecule has 0 heterocycles. The van der Waals surface area contributed by atoms with Crippen LogP contribution in [0.1, 0.15) is 22.8 Å². The van der Waals surface area contributed by atoms with Gasteiger partial charge in [0.05, 0.1) is 17.3 Å². The van der Waals surface area contributed by atoms with Crippen LogP contribution in [0.4, 0.5) is 0 Å². The first kappa shape index (κ1) is 16.0. The number of phenolic OH excluding ortho intramolecular Hbond substituents is 1. The van der Waals surface area contributed by atoms with Crippen molar-refractivity contribution in [3.63, 3.8) is 0 Å². The van der Waals surface area contributed by atoms with E-state index in [1.807, 2.05) is 6.92 Å². The molecule has 0 aliphatic carbocycles. The molecule has 0 fully saturated rings. The van der Waals surface area contributed by atoms with Gasteiger partial charge in [0, 0.05) is 5.56 Å². The van der Waals surface area contributed by atoms with Crippen LogP contribution in [0.25, 0.3) is 0 Å². The van der Waals surface area contributed by atoms with Gasteiger partial charge in [0.1, 0.15) is 11.5 Å². The molecule has 0 bridgehead atoms. The number of hydrazone groups is 1. The third kappa shape index (κ3) is 4.33. The van der Waals surface area contributed by atoms with Gasteiger partial charge in [0.2, 0.25) is 0 Å². The third-order valence-corrected chi connectivity index (χ3v) is 3.41. The lowest BCUT2D eigenvalue weighted by molar-refractivity contribution is 0.0955. The van der Waals surface area contributed by atoms with Crippen LogP contribution in [-0.2, 0) is 0 Å². The Morgan fingerprint density at radius 2 is 2.05 bits per heavy atom. The van der Waals surface area contributed by atoms with Gasteiger partial charge in [-0.2, -0.15) is 5.10 Å². The van der Waals surface area contributed by atoms with Gasteiger partial charge in [-0.25, -0.2) is 5.43 Å². The molecular formula is C16H15BrN2O3. The normalized spacial score (nSPS) is 10.6. The molecule has 0 aliphatic rings. The molecule has 6 heteroatoms. The molecule has 0 saturated carbocycles. The van der Waals surface area contributed by atoms with Crippen molar-refractivity contribution in [1.82, 2.24) is 5.43 Å². The lowest BCUT2D eigenvalue weighted by atomic mass is 10.2. The number of benzene rings is 2. The van der Waals surface area contributed by atoms with Crippen molar-refractivity contribution >= 4 is 28.1 Å². The van der Waals surface area contributed by atoms with Crippen LogP contribution in [0.3, 0.4) is 0 Å². The van der Waals surface area contributed by atoms with Crippen LogP contribution < -0.4 is 10.2 Å². The van der Waals surface area contributed by atoms with Crippen molar-refractivity contribution in [3.05, 3.63) is 58.1 Å². The van der Waals surface area contributed by atoms with Crippen LogP contribution in [-0.4, -0.2) is 23.8 Å². The summed E-state index contributed by atoms with van der Waals surface area (Å²) in [5, 5.41) is 13.3. The number of nitrogens with zero attached hydrogens (tertiary/aromatic N) is 1. The Morgan fingerprint density at radius 3 is 2.68 bits per heavy atom. The van der Waals surface area contributed by atoms with E-state index in [1.165, 1.54) is 6.21 Å². The Morgan fingerprint density at radius 1 is 1.32 bits per heavy atom. The van der Waals surface area contributed by atoms with Crippen LogP contribution in [0.15, 0.2) is 52.0 Å². The molecule has 1 amide bonds. The summed E-state index contributed by atoms with van der Waals surface area (Å²) in [6, 6.07) is 11.7. The number of carbonyl (C=O) groups is 1. The van der Waals surface area contributed by atoms with Crippen LogP contribution in [0.2, 0.25) is 0 Å². The average molecular weight is 363 g/mol. The zero-order valence-electron chi connectivity index (χ0n) is 11.9. The molecule has 114 valence electrons. The fourth-order valence-corrected chi connectivity index (χ4v) is 2.10. The number of hydrogen-bond donors (Lipinski definition) is 2.